The van der Waals surface area contributed by atoms with Crippen LogP contribution in [0, 0.1) is 0 Å². The normalized spacial score (nSPS) is 18.5. The van der Waals surface area contributed by atoms with E-state index in [0.717, 1.165) is 0 Å². The molecule has 1 fully saturated rings. The van der Waals surface area contributed by atoms with Crippen molar-refractivity contribution >= 4 is 6.03 Å². The topological polar surface area (TPSA) is 95.1 Å². The average molecular weight is 169 g/mol. The van der Waals surface area contributed by atoms with E-state index >= 15 is 0 Å². The van der Waals surface area contributed by atoms with Gasteiger partial charge in [0.2, 0.25) is 0 Å². The molecule has 0 radical (unpaired) electrons. The minimum atomic E-state index is -0.394. The number of likely N-dealkylation sites (tertiary alicyclic amines) is 1. The van der Waals surface area contributed by atoms with Crippen molar-refractivity contribution < 1.29 is 4.79 Å². The molecule has 2 amide bonds. The van der Waals surface area contributed by atoms with Crippen molar-refractivity contribution in [2.45, 2.75) is 18.9 Å². The molecule has 0 saturated carbocycles. The quantitative estimate of drug-likeness (QED) is 0.351. The van der Waals surface area contributed by atoms with Gasteiger partial charge < -0.3 is 10.6 Å². The number of hydrogen-bond donors (Lipinski definition) is 1. The molecule has 6 nitrogen and oxygen atoms in total. The molecule has 0 aromatic heterocycles. The van der Waals surface area contributed by atoms with Gasteiger partial charge >= 0.3 is 6.03 Å². The lowest BCUT2D eigenvalue weighted by atomic mass is 10.1. The number of azide groups is 1. The minimum absolute atomic E-state index is 0.0330. The standard InChI is InChI=1S/C6H11N5O/c7-6(12)11-3-1-5(2-4-11)9-10-8/h5H,1-4H2,(H2,7,12). The van der Waals surface area contributed by atoms with Crippen LogP contribution in [0.3, 0.4) is 0 Å². The molecule has 66 valence electrons. The van der Waals surface area contributed by atoms with Crippen LogP contribution in [-0.4, -0.2) is 30.1 Å². The lowest BCUT2D eigenvalue weighted by molar-refractivity contribution is 0.191. The summed E-state index contributed by atoms with van der Waals surface area (Å²) < 4.78 is 0. The van der Waals surface area contributed by atoms with Crippen molar-refractivity contribution in [2.75, 3.05) is 13.1 Å². The first-order chi connectivity index (χ1) is 5.74. The lowest BCUT2D eigenvalue weighted by Gasteiger charge is -2.28. The van der Waals surface area contributed by atoms with E-state index in [4.69, 9.17) is 11.3 Å². The van der Waals surface area contributed by atoms with Crippen LogP contribution in [0.15, 0.2) is 5.11 Å². The van der Waals surface area contributed by atoms with Gasteiger partial charge in [-0.2, -0.15) is 0 Å². The van der Waals surface area contributed by atoms with Crippen LogP contribution < -0.4 is 5.73 Å². The van der Waals surface area contributed by atoms with Crippen LogP contribution in [0.25, 0.3) is 10.4 Å². The fourth-order valence-electron chi connectivity index (χ4n) is 1.27. The summed E-state index contributed by atoms with van der Waals surface area (Å²) in [4.78, 5) is 14.9. The van der Waals surface area contributed by atoms with Gasteiger partial charge in [-0.15, -0.1) is 0 Å². The molecule has 0 aromatic carbocycles. The van der Waals surface area contributed by atoms with E-state index in [-0.39, 0.29) is 6.04 Å². The molecule has 1 saturated heterocycles. The number of primary amides is 1. The Hall–Kier alpha value is -1.42. The molecule has 0 aliphatic carbocycles. The molecule has 1 heterocycles. The van der Waals surface area contributed by atoms with Gasteiger partial charge in [-0.05, 0) is 18.4 Å². The van der Waals surface area contributed by atoms with Crippen LogP contribution >= 0.6 is 0 Å². The minimum Gasteiger partial charge on any atom is -0.351 e. The predicted molar refractivity (Wildman–Crippen MR) is 43.3 cm³/mol. The first-order valence-corrected chi connectivity index (χ1v) is 3.82. The highest BCUT2D eigenvalue weighted by Crippen LogP contribution is 2.12. The maximum absolute atomic E-state index is 10.7. The van der Waals surface area contributed by atoms with E-state index < -0.39 is 6.03 Å². The smallest absolute Gasteiger partial charge is 0.314 e. The Morgan fingerprint density at radius 3 is 2.58 bits per heavy atom. The first kappa shape index (κ1) is 8.67. The average Bonchev–Trinajstić information content (AvgIpc) is 2.06. The number of nitrogens with two attached hydrogens (primary N) is 1. The van der Waals surface area contributed by atoms with Crippen molar-refractivity contribution in [3.05, 3.63) is 10.4 Å². The van der Waals surface area contributed by atoms with Gasteiger partial charge in [0.15, 0.2) is 0 Å². The number of piperidine rings is 1. The summed E-state index contributed by atoms with van der Waals surface area (Å²) in [5, 5.41) is 3.58. The summed E-state index contributed by atoms with van der Waals surface area (Å²) in [5.74, 6) is 0. The third-order valence-corrected chi connectivity index (χ3v) is 1.99. The van der Waals surface area contributed by atoms with Crippen molar-refractivity contribution in [1.82, 2.24) is 4.90 Å². The van der Waals surface area contributed by atoms with E-state index in [9.17, 15) is 4.79 Å². The van der Waals surface area contributed by atoms with Crippen LogP contribution in [0.2, 0.25) is 0 Å². The van der Waals surface area contributed by atoms with Crippen LogP contribution in [0.5, 0.6) is 0 Å². The summed E-state index contributed by atoms with van der Waals surface area (Å²) >= 11 is 0. The molecule has 0 atom stereocenters. The number of carbonyl (C=O) groups is 1. The molecule has 2 N–H and O–H groups in total. The Balaban J connectivity index is 2.39. The van der Waals surface area contributed by atoms with E-state index in [2.05, 4.69) is 10.0 Å². The molecule has 1 aliphatic heterocycles. The third-order valence-electron chi connectivity index (χ3n) is 1.99. The Kier molecular flexibility index (Phi) is 2.76. The molecular weight excluding hydrogens is 158 g/mol. The summed E-state index contributed by atoms with van der Waals surface area (Å²) in [6, 6.07) is -0.361. The number of urea groups is 1. The molecule has 6 heteroatoms. The van der Waals surface area contributed by atoms with Gasteiger partial charge in [-0.3, -0.25) is 0 Å². The molecule has 1 rings (SSSR count). The highest BCUT2D eigenvalue weighted by molar-refractivity contribution is 5.72. The zero-order chi connectivity index (χ0) is 8.97. The Morgan fingerprint density at radius 1 is 1.58 bits per heavy atom. The van der Waals surface area contributed by atoms with Crippen LogP contribution in [0.4, 0.5) is 4.79 Å². The summed E-state index contributed by atoms with van der Waals surface area (Å²) in [5.41, 5.74) is 13.2. The highest BCUT2D eigenvalue weighted by Gasteiger charge is 2.19. The van der Waals surface area contributed by atoms with E-state index in [1.165, 1.54) is 0 Å². The number of carbonyl (C=O) groups excluding carboxylic acids is 1. The molecule has 0 spiro atoms. The second-order valence-electron chi connectivity index (χ2n) is 2.76. The maximum Gasteiger partial charge on any atom is 0.314 e. The second kappa shape index (κ2) is 3.82. The van der Waals surface area contributed by atoms with Gasteiger partial charge in [0, 0.05) is 24.0 Å². The lowest BCUT2D eigenvalue weighted by Crippen LogP contribution is -2.42. The third kappa shape index (κ3) is 2.03. The SMILES string of the molecule is [N-]=[N+]=NC1CCN(C(N)=O)CC1. The van der Waals surface area contributed by atoms with E-state index in [1.54, 1.807) is 4.90 Å². The zero-order valence-electron chi connectivity index (χ0n) is 6.68. The Bertz CT molecular complexity index is 204. The van der Waals surface area contributed by atoms with Gasteiger partial charge in [0.1, 0.15) is 0 Å². The van der Waals surface area contributed by atoms with E-state index in [1.807, 2.05) is 0 Å². The van der Waals surface area contributed by atoms with Crippen molar-refractivity contribution in [3.63, 3.8) is 0 Å². The Morgan fingerprint density at radius 2 is 2.17 bits per heavy atom. The molecule has 0 unspecified atom stereocenters. The first-order valence-electron chi connectivity index (χ1n) is 3.82. The fourth-order valence-corrected chi connectivity index (χ4v) is 1.27. The van der Waals surface area contributed by atoms with Crippen molar-refractivity contribution in [3.8, 4) is 0 Å². The summed E-state index contributed by atoms with van der Waals surface area (Å²) in [6.07, 6.45) is 1.43. The zero-order valence-corrected chi connectivity index (χ0v) is 6.68. The number of amides is 2. The molecule has 0 aromatic rings. The second-order valence-corrected chi connectivity index (χ2v) is 2.76. The van der Waals surface area contributed by atoms with Crippen LogP contribution in [0.1, 0.15) is 12.8 Å². The van der Waals surface area contributed by atoms with Crippen molar-refractivity contribution in [1.29, 1.82) is 0 Å². The van der Waals surface area contributed by atoms with Gasteiger partial charge in [0.05, 0.1) is 0 Å². The summed E-state index contributed by atoms with van der Waals surface area (Å²) in [7, 11) is 0. The number of rotatable bonds is 1. The Labute approximate surface area is 70.0 Å². The summed E-state index contributed by atoms with van der Waals surface area (Å²) in [6.45, 7) is 1.19. The van der Waals surface area contributed by atoms with Gasteiger partial charge in [-0.25, -0.2) is 4.79 Å². The molecular formula is C6H11N5O. The maximum atomic E-state index is 10.7. The van der Waals surface area contributed by atoms with Gasteiger partial charge in [0.25, 0.3) is 0 Å². The number of hydrogen-bond acceptors (Lipinski definition) is 2. The monoisotopic (exact) mass is 169 g/mol. The predicted octanol–water partition coefficient (Wildman–Crippen LogP) is 0.840. The van der Waals surface area contributed by atoms with Gasteiger partial charge in [-0.1, -0.05) is 5.11 Å². The molecule has 1 aliphatic rings. The highest BCUT2D eigenvalue weighted by atomic mass is 16.2. The fraction of sp³-hybridized carbons (Fsp3) is 0.833. The molecule has 0 bridgehead atoms. The number of nitrogens with zero attached hydrogens (tertiary/aromatic N) is 4. The molecule has 12 heavy (non-hydrogen) atoms. The van der Waals surface area contributed by atoms with Crippen molar-refractivity contribution in [2.24, 2.45) is 10.8 Å². The van der Waals surface area contributed by atoms with E-state index in [0.29, 0.717) is 25.9 Å². The largest absolute Gasteiger partial charge is 0.351 e. The van der Waals surface area contributed by atoms with Crippen LogP contribution in [-0.2, 0) is 0 Å².